The van der Waals surface area contributed by atoms with Crippen LogP contribution in [0.1, 0.15) is 21.5 Å². The van der Waals surface area contributed by atoms with E-state index in [1.807, 2.05) is 13.0 Å². The maximum Gasteiger partial charge on any atom is 0.264 e. The highest BCUT2D eigenvalue weighted by Crippen LogP contribution is 2.27. The molecule has 0 aliphatic carbocycles. The van der Waals surface area contributed by atoms with E-state index in [0.29, 0.717) is 28.3 Å². The van der Waals surface area contributed by atoms with Crippen LogP contribution in [0, 0.1) is 18.3 Å². The van der Waals surface area contributed by atoms with E-state index < -0.39 is 15.9 Å². The van der Waals surface area contributed by atoms with Gasteiger partial charge < -0.3 is 10.1 Å². The van der Waals surface area contributed by atoms with E-state index in [0.717, 1.165) is 5.56 Å². The summed E-state index contributed by atoms with van der Waals surface area (Å²) in [6.07, 6.45) is 0. The lowest BCUT2D eigenvalue weighted by molar-refractivity contribution is 0.102. The molecule has 0 saturated carbocycles. The minimum absolute atomic E-state index is 0.187. The molecular weight excluding hydrogens is 414 g/mol. The number of carbonyl (C=O) groups is 1. The second-order valence-corrected chi connectivity index (χ2v) is 8.78. The molecular formula is C23H21N3O4S. The quantitative estimate of drug-likeness (QED) is 0.632. The molecule has 0 radical (unpaired) electrons. The molecule has 3 aromatic rings. The summed E-state index contributed by atoms with van der Waals surface area (Å²) in [4.78, 5) is 12.8. The number of carbonyl (C=O) groups excluding carboxylic acids is 1. The highest BCUT2D eigenvalue weighted by atomic mass is 32.2. The normalized spacial score (nSPS) is 10.8. The Labute approximate surface area is 181 Å². The first-order valence-electron chi connectivity index (χ1n) is 9.31. The van der Waals surface area contributed by atoms with Crippen molar-refractivity contribution in [3.63, 3.8) is 0 Å². The second-order valence-electron chi connectivity index (χ2n) is 6.81. The van der Waals surface area contributed by atoms with Crippen molar-refractivity contribution >= 4 is 27.3 Å². The first-order chi connectivity index (χ1) is 14.8. The van der Waals surface area contributed by atoms with E-state index in [1.54, 1.807) is 48.5 Å². The van der Waals surface area contributed by atoms with Crippen molar-refractivity contribution in [1.29, 1.82) is 5.26 Å². The Kier molecular flexibility index (Phi) is 6.28. The summed E-state index contributed by atoms with van der Waals surface area (Å²) in [7, 11) is -0.792. The Morgan fingerprint density at radius 1 is 1.03 bits per heavy atom. The number of sulfonamides is 1. The molecule has 0 heterocycles. The molecule has 31 heavy (non-hydrogen) atoms. The molecule has 0 spiro atoms. The minimum Gasteiger partial charge on any atom is -0.495 e. The van der Waals surface area contributed by atoms with Crippen LogP contribution < -0.4 is 14.4 Å². The summed E-state index contributed by atoms with van der Waals surface area (Å²) >= 11 is 0. The lowest BCUT2D eigenvalue weighted by atomic mass is 10.1. The summed E-state index contributed by atoms with van der Waals surface area (Å²) in [6, 6.07) is 19.5. The molecule has 1 N–H and O–H groups in total. The number of nitrogens with zero attached hydrogens (tertiary/aromatic N) is 2. The fourth-order valence-corrected chi connectivity index (χ4v) is 4.10. The lowest BCUT2D eigenvalue weighted by Crippen LogP contribution is -2.26. The maximum atomic E-state index is 12.8. The molecule has 0 atom stereocenters. The van der Waals surface area contributed by atoms with Crippen molar-refractivity contribution < 1.29 is 17.9 Å². The molecule has 0 fully saturated rings. The Morgan fingerprint density at radius 3 is 2.26 bits per heavy atom. The van der Waals surface area contributed by atoms with E-state index in [4.69, 9.17) is 10.00 Å². The van der Waals surface area contributed by atoms with Gasteiger partial charge in [-0.3, -0.25) is 9.10 Å². The Morgan fingerprint density at radius 2 is 1.68 bits per heavy atom. The maximum absolute atomic E-state index is 12.8. The number of anilines is 2. The third-order valence-corrected chi connectivity index (χ3v) is 6.55. The van der Waals surface area contributed by atoms with Gasteiger partial charge >= 0.3 is 0 Å². The van der Waals surface area contributed by atoms with Crippen LogP contribution in [0.3, 0.4) is 0 Å². The molecule has 1 amide bonds. The number of benzene rings is 3. The van der Waals surface area contributed by atoms with Gasteiger partial charge in [-0.25, -0.2) is 8.42 Å². The Balaban J connectivity index is 1.81. The van der Waals surface area contributed by atoms with E-state index in [-0.39, 0.29) is 4.90 Å². The largest absolute Gasteiger partial charge is 0.495 e. The lowest BCUT2D eigenvalue weighted by Gasteiger charge is -2.20. The first-order valence-corrected chi connectivity index (χ1v) is 10.8. The van der Waals surface area contributed by atoms with Gasteiger partial charge in [0.2, 0.25) is 0 Å². The third-order valence-electron chi connectivity index (χ3n) is 4.75. The van der Waals surface area contributed by atoms with Gasteiger partial charge in [-0.2, -0.15) is 5.26 Å². The van der Waals surface area contributed by atoms with Crippen LogP contribution in [-0.2, 0) is 10.0 Å². The van der Waals surface area contributed by atoms with Crippen molar-refractivity contribution in [2.75, 3.05) is 23.8 Å². The number of aryl methyl sites for hydroxylation is 1. The molecule has 158 valence electrons. The van der Waals surface area contributed by atoms with Gasteiger partial charge in [-0.05, 0) is 61.5 Å². The van der Waals surface area contributed by atoms with Crippen molar-refractivity contribution in [1.82, 2.24) is 0 Å². The number of amides is 1. The van der Waals surface area contributed by atoms with Crippen molar-refractivity contribution in [2.45, 2.75) is 11.8 Å². The summed E-state index contributed by atoms with van der Waals surface area (Å²) < 4.78 is 32.1. The van der Waals surface area contributed by atoms with E-state index in [9.17, 15) is 13.2 Å². The fraction of sp³-hybridized carbons (Fsp3) is 0.130. The van der Waals surface area contributed by atoms with Gasteiger partial charge in [-0.1, -0.05) is 17.7 Å². The number of ether oxygens (including phenoxy) is 1. The number of nitriles is 1. The minimum atomic E-state index is -3.72. The number of hydrogen-bond donors (Lipinski definition) is 1. The van der Waals surface area contributed by atoms with Gasteiger partial charge in [0.05, 0.1) is 35.0 Å². The van der Waals surface area contributed by atoms with Crippen LogP contribution >= 0.6 is 0 Å². The smallest absolute Gasteiger partial charge is 0.264 e. The van der Waals surface area contributed by atoms with Crippen molar-refractivity contribution in [2.24, 2.45) is 0 Å². The molecule has 0 aliphatic rings. The standard InChI is InChI=1S/C23H21N3O4S/c1-16-4-11-20(12-5-16)31(28,29)26(2)19-9-7-18(8-10-19)23(27)25-21-14-17(15-24)6-13-22(21)30-3/h4-14H,1-3H3,(H,25,27). The molecule has 3 aromatic carbocycles. The number of methoxy groups -OCH3 is 1. The van der Waals surface area contributed by atoms with Crippen LogP contribution in [0.2, 0.25) is 0 Å². The van der Waals surface area contributed by atoms with E-state index in [2.05, 4.69) is 5.32 Å². The van der Waals surface area contributed by atoms with E-state index >= 15 is 0 Å². The van der Waals surface area contributed by atoms with Crippen molar-refractivity contribution in [3.8, 4) is 11.8 Å². The predicted molar refractivity (Wildman–Crippen MR) is 119 cm³/mol. The zero-order valence-electron chi connectivity index (χ0n) is 17.3. The first kappa shape index (κ1) is 21.9. The Hall–Kier alpha value is -3.83. The molecule has 8 heteroatoms. The molecule has 0 aliphatic heterocycles. The zero-order valence-corrected chi connectivity index (χ0v) is 18.1. The Bertz CT molecular complexity index is 1250. The van der Waals surface area contributed by atoms with Crippen LogP contribution in [0.25, 0.3) is 0 Å². The molecule has 0 saturated heterocycles. The topological polar surface area (TPSA) is 99.5 Å². The second kappa shape index (κ2) is 8.90. The van der Waals surface area contributed by atoms with Gasteiger partial charge in [0.25, 0.3) is 15.9 Å². The van der Waals surface area contributed by atoms with Gasteiger partial charge in [0, 0.05) is 12.6 Å². The summed E-state index contributed by atoms with van der Waals surface area (Å²) in [5, 5.41) is 11.8. The summed E-state index contributed by atoms with van der Waals surface area (Å²) in [5.74, 6) is 0.0110. The highest BCUT2D eigenvalue weighted by Gasteiger charge is 2.21. The highest BCUT2D eigenvalue weighted by molar-refractivity contribution is 7.92. The number of rotatable bonds is 6. The van der Waals surface area contributed by atoms with E-state index in [1.165, 1.54) is 36.7 Å². The predicted octanol–water partition coefficient (Wildman–Crippen LogP) is 3.95. The van der Waals surface area contributed by atoms with Crippen LogP contribution in [0.5, 0.6) is 5.75 Å². The third kappa shape index (κ3) is 4.68. The van der Waals surface area contributed by atoms with Gasteiger partial charge in [0.15, 0.2) is 0 Å². The average molecular weight is 436 g/mol. The van der Waals surface area contributed by atoms with Gasteiger partial charge in [0.1, 0.15) is 5.75 Å². The SMILES string of the molecule is COc1ccc(C#N)cc1NC(=O)c1ccc(N(C)S(=O)(=O)c2ccc(C)cc2)cc1. The molecule has 0 aromatic heterocycles. The fourth-order valence-electron chi connectivity index (χ4n) is 2.90. The van der Waals surface area contributed by atoms with Gasteiger partial charge in [-0.15, -0.1) is 0 Å². The monoisotopic (exact) mass is 435 g/mol. The zero-order chi connectivity index (χ0) is 22.6. The molecule has 0 unspecified atom stereocenters. The number of nitrogens with one attached hydrogen (secondary N) is 1. The molecule has 7 nitrogen and oxygen atoms in total. The van der Waals surface area contributed by atoms with Crippen LogP contribution in [-0.4, -0.2) is 28.5 Å². The molecule has 0 bridgehead atoms. The summed E-state index contributed by atoms with van der Waals surface area (Å²) in [6.45, 7) is 1.88. The van der Waals surface area contributed by atoms with Crippen LogP contribution in [0.15, 0.2) is 71.6 Å². The summed E-state index contributed by atoms with van der Waals surface area (Å²) in [5.41, 5.74) is 2.47. The average Bonchev–Trinajstić information content (AvgIpc) is 2.78. The van der Waals surface area contributed by atoms with Crippen LogP contribution in [0.4, 0.5) is 11.4 Å². The number of hydrogen-bond acceptors (Lipinski definition) is 5. The molecule has 3 rings (SSSR count). The van der Waals surface area contributed by atoms with Crippen molar-refractivity contribution in [3.05, 3.63) is 83.4 Å².